The second-order valence-corrected chi connectivity index (χ2v) is 9.91. The summed E-state index contributed by atoms with van der Waals surface area (Å²) in [6, 6.07) is 3.90. The molecule has 0 nitrogen and oxygen atoms in total. The lowest BCUT2D eigenvalue weighted by Crippen LogP contribution is -2.13. The minimum atomic E-state index is -0.236. The van der Waals surface area contributed by atoms with Crippen molar-refractivity contribution in [1.82, 2.24) is 0 Å². The van der Waals surface area contributed by atoms with E-state index in [1.165, 1.54) is 63.4 Å². The smallest absolute Gasteiger partial charge is 0.145 e. The summed E-state index contributed by atoms with van der Waals surface area (Å²) >= 11 is 6.34. The molecule has 0 spiro atoms. The van der Waals surface area contributed by atoms with Crippen LogP contribution in [0.1, 0.15) is 102 Å². The average Bonchev–Trinajstić information content (AvgIpc) is 2.78. The highest BCUT2D eigenvalue weighted by Crippen LogP contribution is 2.37. The minimum Gasteiger partial charge on any atom is -0.205 e. The van der Waals surface area contributed by atoms with Gasteiger partial charge in [0.15, 0.2) is 0 Å². The van der Waals surface area contributed by atoms with Crippen molar-refractivity contribution in [3.63, 3.8) is 0 Å². The Kier molecular flexibility index (Phi) is 9.50. The van der Waals surface area contributed by atoms with E-state index >= 15 is 0 Å². The van der Waals surface area contributed by atoms with Crippen LogP contribution < -0.4 is 0 Å². The van der Waals surface area contributed by atoms with Crippen molar-refractivity contribution in [2.24, 2.45) is 17.8 Å². The van der Waals surface area contributed by atoms with Gasteiger partial charge in [0.05, 0.1) is 5.02 Å². The summed E-state index contributed by atoms with van der Waals surface area (Å²) in [6.07, 6.45) is 23.8. The zero-order chi connectivity index (χ0) is 21.3. The standard InChI is InChI=1S/C28H40ClF/c1-3-5-6-7-8-21-9-11-22(12-10-21)13-14-23-15-17-25(18-16-23)26-20-19-24(4-2)28(30)27(26)29/h13-14,17,19-23H,3-12,15-16,18H2,1-2H3. The molecule has 166 valence electrons. The van der Waals surface area contributed by atoms with E-state index in [4.69, 9.17) is 11.6 Å². The maximum atomic E-state index is 14.4. The molecule has 1 atom stereocenters. The Balaban J connectivity index is 1.45. The Morgan fingerprint density at radius 1 is 0.967 bits per heavy atom. The van der Waals surface area contributed by atoms with E-state index in [0.717, 1.165) is 36.7 Å². The molecule has 0 aliphatic heterocycles. The monoisotopic (exact) mass is 430 g/mol. The Bertz CT molecular complexity index is 724. The first-order chi connectivity index (χ1) is 14.6. The van der Waals surface area contributed by atoms with Gasteiger partial charge in [0.1, 0.15) is 5.82 Å². The first-order valence-corrected chi connectivity index (χ1v) is 12.8. The van der Waals surface area contributed by atoms with Gasteiger partial charge in [-0.25, -0.2) is 4.39 Å². The van der Waals surface area contributed by atoms with Gasteiger partial charge in [-0.05, 0) is 85.8 Å². The molecule has 0 aromatic heterocycles. The fourth-order valence-corrected chi connectivity index (χ4v) is 5.53. The van der Waals surface area contributed by atoms with Crippen LogP contribution in [0.3, 0.4) is 0 Å². The van der Waals surface area contributed by atoms with Gasteiger partial charge < -0.3 is 0 Å². The molecule has 2 aliphatic carbocycles. The lowest BCUT2D eigenvalue weighted by Gasteiger charge is -2.27. The second kappa shape index (κ2) is 12.1. The van der Waals surface area contributed by atoms with Crippen molar-refractivity contribution in [2.45, 2.75) is 97.3 Å². The van der Waals surface area contributed by atoms with Crippen LogP contribution in [0.2, 0.25) is 5.02 Å². The summed E-state index contributed by atoms with van der Waals surface area (Å²) in [5, 5.41) is 0.307. The zero-order valence-corrected chi connectivity index (χ0v) is 19.8. The van der Waals surface area contributed by atoms with Gasteiger partial charge in [-0.1, -0.05) is 87.9 Å². The summed E-state index contributed by atoms with van der Waals surface area (Å²) < 4.78 is 14.4. The number of allylic oxidation sites excluding steroid dienone is 4. The first-order valence-electron chi connectivity index (χ1n) is 12.5. The topological polar surface area (TPSA) is 0 Å². The molecule has 1 unspecified atom stereocenters. The normalized spacial score (nSPS) is 24.9. The number of unbranched alkanes of at least 4 members (excludes halogenated alkanes) is 3. The van der Waals surface area contributed by atoms with Gasteiger partial charge in [-0.2, -0.15) is 0 Å². The number of hydrogen-bond acceptors (Lipinski definition) is 0. The molecule has 0 radical (unpaired) electrons. The van der Waals surface area contributed by atoms with E-state index in [1.54, 1.807) is 0 Å². The van der Waals surface area contributed by atoms with E-state index in [0.29, 0.717) is 22.9 Å². The number of halogens is 2. The molecule has 1 aromatic carbocycles. The maximum Gasteiger partial charge on any atom is 0.145 e. The van der Waals surface area contributed by atoms with Crippen molar-refractivity contribution in [2.75, 3.05) is 0 Å². The molecule has 30 heavy (non-hydrogen) atoms. The minimum absolute atomic E-state index is 0.236. The third kappa shape index (κ3) is 6.46. The summed E-state index contributed by atoms with van der Waals surface area (Å²) in [5.41, 5.74) is 2.82. The lowest BCUT2D eigenvalue weighted by molar-refractivity contribution is 0.288. The molecule has 0 bridgehead atoms. The Morgan fingerprint density at radius 2 is 1.73 bits per heavy atom. The van der Waals surface area contributed by atoms with Crippen LogP contribution in [0.15, 0.2) is 30.4 Å². The predicted molar refractivity (Wildman–Crippen MR) is 129 cm³/mol. The molecule has 0 amide bonds. The highest BCUT2D eigenvalue weighted by molar-refractivity contribution is 6.32. The van der Waals surface area contributed by atoms with E-state index in [9.17, 15) is 4.39 Å². The van der Waals surface area contributed by atoms with Gasteiger partial charge in [0, 0.05) is 0 Å². The van der Waals surface area contributed by atoms with Crippen LogP contribution in [0.4, 0.5) is 4.39 Å². The highest BCUT2D eigenvalue weighted by atomic mass is 35.5. The number of benzene rings is 1. The van der Waals surface area contributed by atoms with Gasteiger partial charge in [-0.3, -0.25) is 0 Å². The average molecular weight is 431 g/mol. The van der Waals surface area contributed by atoms with Gasteiger partial charge in [0.25, 0.3) is 0 Å². The van der Waals surface area contributed by atoms with E-state index in [-0.39, 0.29) is 5.82 Å². The van der Waals surface area contributed by atoms with Crippen molar-refractivity contribution >= 4 is 17.2 Å². The van der Waals surface area contributed by atoms with Crippen molar-refractivity contribution in [3.05, 3.63) is 52.3 Å². The van der Waals surface area contributed by atoms with Crippen LogP contribution in [-0.4, -0.2) is 0 Å². The number of aryl methyl sites for hydroxylation is 1. The van der Waals surface area contributed by atoms with Crippen molar-refractivity contribution < 1.29 is 4.39 Å². The third-order valence-electron chi connectivity index (χ3n) is 7.35. The number of hydrogen-bond donors (Lipinski definition) is 0. The Morgan fingerprint density at radius 3 is 2.40 bits per heavy atom. The molecular weight excluding hydrogens is 391 g/mol. The molecule has 2 heteroatoms. The largest absolute Gasteiger partial charge is 0.205 e. The Labute approximate surface area is 189 Å². The van der Waals surface area contributed by atoms with Gasteiger partial charge in [0.2, 0.25) is 0 Å². The fraction of sp³-hybridized carbons (Fsp3) is 0.643. The first kappa shape index (κ1) is 23.6. The molecule has 0 N–H and O–H groups in total. The van der Waals surface area contributed by atoms with Crippen LogP contribution in [0.25, 0.3) is 5.57 Å². The van der Waals surface area contributed by atoms with Crippen LogP contribution in [0, 0.1) is 23.6 Å². The second-order valence-electron chi connectivity index (χ2n) is 9.53. The van der Waals surface area contributed by atoms with Crippen LogP contribution in [-0.2, 0) is 6.42 Å². The van der Waals surface area contributed by atoms with Crippen molar-refractivity contribution in [1.29, 1.82) is 0 Å². The van der Waals surface area contributed by atoms with Crippen LogP contribution in [0.5, 0.6) is 0 Å². The summed E-state index contributed by atoms with van der Waals surface area (Å²) in [7, 11) is 0. The molecular formula is C28H40ClF. The maximum absolute atomic E-state index is 14.4. The number of rotatable bonds is 9. The highest BCUT2D eigenvalue weighted by Gasteiger charge is 2.21. The van der Waals surface area contributed by atoms with Gasteiger partial charge >= 0.3 is 0 Å². The molecule has 3 rings (SSSR count). The van der Waals surface area contributed by atoms with Gasteiger partial charge in [-0.15, -0.1) is 0 Å². The van der Waals surface area contributed by atoms with E-state index in [2.05, 4.69) is 25.2 Å². The lowest BCUT2D eigenvalue weighted by atomic mass is 9.78. The summed E-state index contributed by atoms with van der Waals surface area (Å²) in [6.45, 7) is 4.25. The van der Waals surface area contributed by atoms with Crippen molar-refractivity contribution in [3.8, 4) is 0 Å². The quantitative estimate of drug-likeness (QED) is 0.270. The third-order valence-corrected chi connectivity index (χ3v) is 7.72. The summed E-state index contributed by atoms with van der Waals surface area (Å²) in [4.78, 5) is 0. The fourth-order valence-electron chi connectivity index (χ4n) is 5.23. The van der Waals surface area contributed by atoms with Crippen LogP contribution >= 0.6 is 11.6 Å². The molecule has 2 aliphatic rings. The molecule has 0 saturated heterocycles. The van der Waals surface area contributed by atoms with E-state index < -0.39 is 0 Å². The SMILES string of the molecule is CCCCCCC1CCC(C=CC2CC=C(c3ccc(CC)c(F)c3Cl)CC2)CC1. The predicted octanol–water partition coefficient (Wildman–Crippen LogP) is 9.56. The summed E-state index contributed by atoms with van der Waals surface area (Å²) in [5.74, 6) is 2.16. The Hall–Kier alpha value is -1.08. The molecule has 0 heterocycles. The zero-order valence-electron chi connectivity index (χ0n) is 19.1. The molecule has 1 fully saturated rings. The van der Waals surface area contributed by atoms with E-state index in [1.807, 2.05) is 19.1 Å². The molecule has 1 aromatic rings. The molecule has 1 saturated carbocycles.